The first-order valence-electron chi connectivity index (χ1n) is 9.61. The van der Waals surface area contributed by atoms with Crippen molar-refractivity contribution in [1.82, 2.24) is 0 Å². The van der Waals surface area contributed by atoms with Gasteiger partial charge in [0, 0.05) is 17.8 Å². The molecule has 3 aliphatic carbocycles. The topological polar surface area (TPSA) is 37.3 Å². The Hall–Kier alpha value is -0.630. The van der Waals surface area contributed by atoms with E-state index >= 15 is 0 Å². The lowest BCUT2D eigenvalue weighted by molar-refractivity contribution is -0.127. The fraction of sp³-hybridized carbons (Fsp3) is 0.857. The van der Waals surface area contributed by atoms with E-state index in [4.69, 9.17) is 0 Å². The molecule has 1 N–H and O–H groups in total. The Labute approximate surface area is 141 Å². The van der Waals surface area contributed by atoms with Crippen molar-refractivity contribution in [3.05, 3.63) is 12.7 Å². The lowest BCUT2D eigenvalue weighted by Crippen LogP contribution is -2.47. The van der Waals surface area contributed by atoms with Crippen molar-refractivity contribution >= 4 is 5.78 Å². The average molecular weight is 319 g/mol. The van der Waals surface area contributed by atoms with Crippen LogP contribution in [0.4, 0.5) is 0 Å². The Bertz CT molecular complexity index is 498. The van der Waals surface area contributed by atoms with E-state index in [1.165, 1.54) is 12.8 Å². The van der Waals surface area contributed by atoms with Crippen LogP contribution in [0.3, 0.4) is 0 Å². The molecule has 2 heteroatoms. The number of aliphatic hydroxyl groups excluding tert-OH is 1. The van der Waals surface area contributed by atoms with E-state index in [2.05, 4.69) is 34.3 Å². The molecule has 3 saturated carbocycles. The molecule has 0 aromatic carbocycles. The van der Waals surface area contributed by atoms with Gasteiger partial charge in [0.15, 0.2) is 0 Å². The average Bonchev–Trinajstić information content (AvgIpc) is 2.77. The van der Waals surface area contributed by atoms with Gasteiger partial charge in [0.05, 0.1) is 6.10 Å². The van der Waals surface area contributed by atoms with Gasteiger partial charge in [0.2, 0.25) is 0 Å². The van der Waals surface area contributed by atoms with Crippen molar-refractivity contribution in [2.45, 2.75) is 72.3 Å². The molecule has 2 bridgehead atoms. The van der Waals surface area contributed by atoms with E-state index in [1.54, 1.807) is 0 Å². The summed E-state index contributed by atoms with van der Waals surface area (Å²) in [5.41, 5.74) is -0.235. The molecule has 3 aliphatic rings. The second kappa shape index (κ2) is 5.72. The van der Waals surface area contributed by atoms with Crippen LogP contribution in [0, 0.1) is 40.4 Å². The number of carbonyl (C=O) groups is 1. The van der Waals surface area contributed by atoms with Crippen LogP contribution in [0.15, 0.2) is 12.7 Å². The van der Waals surface area contributed by atoms with Crippen molar-refractivity contribution < 1.29 is 9.90 Å². The van der Waals surface area contributed by atoms with Gasteiger partial charge in [-0.05, 0) is 54.8 Å². The summed E-state index contributed by atoms with van der Waals surface area (Å²) < 4.78 is 0. The molecule has 0 amide bonds. The van der Waals surface area contributed by atoms with Gasteiger partial charge in [-0.1, -0.05) is 40.2 Å². The number of hydrogen-bond acceptors (Lipinski definition) is 2. The van der Waals surface area contributed by atoms with Crippen LogP contribution in [-0.4, -0.2) is 17.0 Å². The van der Waals surface area contributed by atoms with Crippen molar-refractivity contribution in [1.29, 1.82) is 0 Å². The molecule has 0 radical (unpaired) electrons. The monoisotopic (exact) mass is 318 g/mol. The van der Waals surface area contributed by atoms with Crippen LogP contribution in [0.25, 0.3) is 0 Å². The molecular weight excluding hydrogens is 284 g/mol. The summed E-state index contributed by atoms with van der Waals surface area (Å²) in [6, 6.07) is 0. The van der Waals surface area contributed by atoms with Gasteiger partial charge in [-0.25, -0.2) is 0 Å². The van der Waals surface area contributed by atoms with Crippen molar-refractivity contribution in [2.24, 2.45) is 40.4 Å². The molecule has 3 rings (SSSR count). The summed E-state index contributed by atoms with van der Waals surface area (Å²) in [6.07, 6.45) is 7.83. The zero-order valence-electron chi connectivity index (χ0n) is 15.3. The first-order valence-corrected chi connectivity index (χ1v) is 9.61. The summed E-state index contributed by atoms with van der Waals surface area (Å²) in [5.74, 6) is 2.36. The highest BCUT2D eigenvalue weighted by molar-refractivity contribution is 5.84. The minimum atomic E-state index is -0.403. The summed E-state index contributed by atoms with van der Waals surface area (Å²) in [7, 11) is 0. The predicted octanol–water partition coefficient (Wildman–Crippen LogP) is 4.62. The van der Waals surface area contributed by atoms with E-state index in [9.17, 15) is 9.90 Å². The molecule has 0 aromatic rings. The van der Waals surface area contributed by atoms with Gasteiger partial charge < -0.3 is 5.11 Å². The second-order valence-corrected chi connectivity index (χ2v) is 9.22. The smallest absolute Gasteiger partial charge is 0.136 e. The number of fused-ring (bicyclic) bond motifs is 1. The number of Topliss-reactive ketones (excluding diaryl/α,β-unsaturated/α-hetero) is 1. The highest BCUT2D eigenvalue weighted by Gasteiger charge is 2.59. The van der Waals surface area contributed by atoms with E-state index in [-0.39, 0.29) is 22.7 Å². The molecule has 3 fully saturated rings. The van der Waals surface area contributed by atoms with E-state index < -0.39 is 6.10 Å². The first kappa shape index (κ1) is 17.2. The molecule has 0 saturated heterocycles. The predicted molar refractivity (Wildman–Crippen MR) is 93.9 cm³/mol. The number of rotatable bonds is 1. The van der Waals surface area contributed by atoms with E-state index in [0.29, 0.717) is 23.5 Å². The van der Waals surface area contributed by atoms with Gasteiger partial charge in [-0.3, -0.25) is 4.79 Å². The molecule has 1 unspecified atom stereocenters. The molecule has 0 spiro atoms. The van der Waals surface area contributed by atoms with Gasteiger partial charge in [-0.2, -0.15) is 0 Å². The fourth-order valence-electron chi connectivity index (χ4n) is 6.86. The zero-order valence-corrected chi connectivity index (χ0v) is 15.3. The number of aliphatic hydroxyl groups is 1. The van der Waals surface area contributed by atoms with Crippen LogP contribution < -0.4 is 0 Å². The van der Waals surface area contributed by atoms with E-state index in [0.717, 1.165) is 25.7 Å². The van der Waals surface area contributed by atoms with Gasteiger partial charge in [0.1, 0.15) is 5.78 Å². The molecule has 130 valence electrons. The minimum Gasteiger partial charge on any atom is -0.392 e. The summed E-state index contributed by atoms with van der Waals surface area (Å²) in [5, 5.41) is 11.3. The molecule has 8 atom stereocenters. The third-order valence-corrected chi connectivity index (χ3v) is 8.20. The van der Waals surface area contributed by atoms with Gasteiger partial charge >= 0.3 is 0 Å². The molecule has 0 aliphatic heterocycles. The van der Waals surface area contributed by atoms with Crippen molar-refractivity contribution in [3.8, 4) is 0 Å². The zero-order chi connectivity index (χ0) is 17.0. The maximum absolute atomic E-state index is 12.8. The number of carbonyl (C=O) groups excluding carboxylic acids is 1. The van der Waals surface area contributed by atoms with Crippen LogP contribution in [0.5, 0.6) is 0 Å². The highest BCUT2D eigenvalue weighted by Crippen LogP contribution is 2.61. The minimum absolute atomic E-state index is 0.0129. The third kappa shape index (κ3) is 2.35. The maximum Gasteiger partial charge on any atom is 0.136 e. The SMILES string of the molecule is C=C[C@]1(C)C[C@@H](C)C2CCC[C@@]3(CCC(=O)[C@H]3[C@H]2C)[C@@H](C)[C@@H]1O. The second-order valence-electron chi connectivity index (χ2n) is 9.22. The molecule has 23 heavy (non-hydrogen) atoms. The molecule has 0 heterocycles. The Morgan fingerprint density at radius 2 is 1.96 bits per heavy atom. The highest BCUT2D eigenvalue weighted by atomic mass is 16.3. The van der Waals surface area contributed by atoms with Crippen LogP contribution >= 0.6 is 0 Å². The molecule has 2 nitrogen and oxygen atoms in total. The maximum atomic E-state index is 12.8. The summed E-state index contributed by atoms with van der Waals surface area (Å²) >= 11 is 0. The Morgan fingerprint density at radius 3 is 2.61 bits per heavy atom. The summed E-state index contributed by atoms with van der Waals surface area (Å²) in [4.78, 5) is 12.8. The Morgan fingerprint density at radius 1 is 1.26 bits per heavy atom. The lowest BCUT2D eigenvalue weighted by atomic mass is 9.59. The fourth-order valence-corrected chi connectivity index (χ4v) is 6.86. The van der Waals surface area contributed by atoms with Crippen LogP contribution in [-0.2, 0) is 4.79 Å². The van der Waals surface area contributed by atoms with Crippen molar-refractivity contribution in [3.63, 3.8) is 0 Å². The molecular formula is C21H34O2. The number of hydrogen-bond donors (Lipinski definition) is 1. The first-order chi connectivity index (χ1) is 10.8. The summed E-state index contributed by atoms with van der Waals surface area (Å²) in [6.45, 7) is 13.1. The largest absolute Gasteiger partial charge is 0.392 e. The normalized spacial score (nSPS) is 53.9. The third-order valence-electron chi connectivity index (χ3n) is 8.20. The van der Waals surface area contributed by atoms with E-state index in [1.807, 2.05) is 6.08 Å². The lowest BCUT2D eigenvalue weighted by Gasteiger charge is -2.46. The Kier molecular flexibility index (Phi) is 4.28. The number of ketones is 1. The van der Waals surface area contributed by atoms with Gasteiger partial charge in [0.25, 0.3) is 0 Å². The van der Waals surface area contributed by atoms with Gasteiger partial charge in [-0.15, -0.1) is 6.58 Å². The van der Waals surface area contributed by atoms with Crippen molar-refractivity contribution in [2.75, 3.05) is 0 Å². The standard InChI is InChI=1S/C21H34O2/c1-6-20(5)12-13(2)16-8-7-10-21(15(4)19(20)23)11-9-17(22)18(21)14(16)3/h6,13-16,18-19,23H,1,7-12H2,2-5H3/t13-,14+,15+,16?,18-,19+,20-,21-/m1/s1. The molecule has 0 aromatic heterocycles. The quantitative estimate of drug-likeness (QED) is 0.716. The van der Waals surface area contributed by atoms with Crippen LogP contribution in [0.2, 0.25) is 0 Å². The van der Waals surface area contributed by atoms with Crippen LogP contribution in [0.1, 0.15) is 66.2 Å². The Balaban J connectivity index is 2.16.